The first-order valence-corrected chi connectivity index (χ1v) is 9.85. The number of carbonyl (C=O) groups excluding carboxylic acids is 1. The number of pyridine rings is 1. The monoisotopic (exact) mass is 392 g/mol. The van der Waals surface area contributed by atoms with Gasteiger partial charge >= 0.3 is 0 Å². The van der Waals surface area contributed by atoms with E-state index >= 15 is 0 Å². The van der Waals surface area contributed by atoms with Gasteiger partial charge in [0.1, 0.15) is 17.7 Å². The van der Waals surface area contributed by atoms with E-state index in [-0.39, 0.29) is 17.8 Å². The highest BCUT2D eigenvalue weighted by Crippen LogP contribution is 2.31. The molecule has 28 heavy (non-hydrogen) atoms. The predicted octanol–water partition coefficient (Wildman–Crippen LogP) is 3.22. The van der Waals surface area contributed by atoms with Crippen LogP contribution < -0.4 is 15.8 Å². The Morgan fingerprint density at radius 3 is 2.96 bits per heavy atom. The molecule has 4 N–H and O–H groups in total. The van der Waals surface area contributed by atoms with Crippen LogP contribution in [-0.4, -0.2) is 29.4 Å². The maximum Gasteiger partial charge on any atom is 0.261 e. The Labute approximate surface area is 166 Å². The molecule has 0 fully saturated rings. The number of aromatic nitrogens is 1. The summed E-state index contributed by atoms with van der Waals surface area (Å²) in [5.41, 5.74) is 8.18. The van der Waals surface area contributed by atoms with Crippen molar-refractivity contribution in [3.63, 3.8) is 0 Å². The minimum absolute atomic E-state index is 0.0184. The minimum atomic E-state index is -0.0819. The van der Waals surface area contributed by atoms with Crippen molar-refractivity contribution in [1.29, 1.82) is 5.41 Å². The molecule has 1 unspecified atom stereocenters. The van der Waals surface area contributed by atoms with Crippen molar-refractivity contribution in [1.82, 2.24) is 10.3 Å². The van der Waals surface area contributed by atoms with E-state index in [0.29, 0.717) is 23.4 Å². The number of ether oxygens (including phenoxy) is 1. The average Bonchev–Trinajstić information content (AvgIpc) is 3.35. The number of nitrogens with one attached hydrogen (secondary N) is 2. The Balaban J connectivity index is 1.29. The largest absolute Gasteiger partial charge is 0.490 e. The SMILES string of the molecule is N=C(N)c1ccc2c(c1)CC(CCNC(=O)c1ccc(-c3ccccn3)s1)O2. The number of benzene rings is 1. The summed E-state index contributed by atoms with van der Waals surface area (Å²) < 4.78 is 5.92. The second kappa shape index (κ2) is 7.82. The third-order valence-electron chi connectivity index (χ3n) is 4.61. The van der Waals surface area contributed by atoms with Gasteiger partial charge in [-0.2, -0.15) is 0 Å². The summed E-state index contributed by atoms with van der Waals surface area (Å²) in [6.07, 6.45) is 3.24. The van der Waals surface area contributed by atoms with Crippen LogP contribution in [0.3, 0.4) is 0 Å². The third-order valence-corrected chi connectivity index (χ3v) is 5.72. The summed E-state index contributed by atoms with van der Waals surface area (Å²) in [6, 6.07) is 15.0. The van der Waals surface area contributed by atoms with Crippen LogP contribution in [-0.2, 0) is 6.42 Å². The molecule has 2 aromatic heterocycles. The van der Waals surface area contributed by atoms with Gasteiger partial charge in [0.15, 0.2) is 0 Å². The summed E-state index contributed by atoms with van der Waals surface area (Å²) in [5, 5.41) is 10.5. The summed E-state index contributed by atoms with van der Waals surface area (Å²) in [6.45, 7) is 0.536. The van der Waals surface area contributed by atoms with Crippen molar-refractivity contribution < 1.29 is 9.53 Å². The van der Waals surface area contributed by atoms with Crippen molar-refractivity contribution in [2.45, 2.75) is 18.9 Å². The summed E-state index contributed by atoms with van der Waals surface area (Å²) in [7, 11) is 0. The molecule has 1 aromatic carbocycles. The highest BCUT2D eigenvalue weighted by molar-refractivity contribution is 7.17. The Kier molecular flexibility index (Phi) is 5.08. The molecule has 0 spiro atoms. The van der Waals surface area contributed by atoms with Crippen molar-refractivity contribution in [2.24, 2.45) is 5.73 Å². The van der Waals surface area contributed by atoms with Crippen LogP contribution in [0.25, 0.3) is 10.6 Å². The van der Waals surface area contributed by atoms with Gasteiger partial charge in [-0.15, -0.1) is 11.3 Å². The predicted molar refractivity (Wildman–Crippen MR) is 110 cm³/mol. The number of thiophene rings is 1. The topological polar surface area (TPSA) is 101 Å². The van der Waals surface area contributed by atoms with Crippen LogP contribution in [0, 0.1) is 5.41 Å². The van der Waals surface area contributed by atoms with E-state index in [1.54, 1.807) is 12.3 Å². The molecule has 6 nitrogen and oxygen atoms in total. The zero-order valence-electron chi connectivity index (χ0n) is 15.1. The van der Waals surface area contributed by atoms with E-state index < -0.39 is 0 Å². The Morgan fingerprint density at radius 2 is 2.18 bits per heavy atom. The molecule has 1 aliphatic heterocycles. The molecule has 0 bridgehead atoms. The molecule has 1 aliphatic rings. The van der Waals surface area contributed by atoms with Crippen LogP contribution >= 0.6 is 11.3 Å². The average molecular weight is 392 g/mol. The van der Waals surface area contributed by atoms with Crippen LogP contribution in [0.5, 0.6) is 5.75 Å². The number of amidine groups is 1. The number of nitrogens with zero attached hydrogens (tertiary/aromatic N) is 1. The van der Waals surface area contributed by atoms with Gasteiger partial charge in [0.2, 0.25) is 0 Å². The van der Waals surface area contributed by atoms with Crippen LogP contribution in [0.15, 0.2) is 54.7 Å². The smallest absolute Gasteiger partial charge is 0.261 e. The van der Waals surface area contributed by atoms with E-state index in [1.165, 1.54) is 11.3 Å². The maximum absolute atomic E-state index is 12.4. The molecule has 1 atom stereocenters. The van der Waals surface area contributed by atoms with Gasteiger partial charge in [0, 0.05) is 31.1 Å². The molecular weight excluding hydrogens is 372 g/mol. The molecule has 142 valence electrons. The number of nitrogens with two attached hydrogens (primary N) is 1. The van der Waals surface area contributed by atoms with E-state index in [1.807, 2.05) is 42.5 Å². The molecule has 3 aromatic rings. The third kappa shape index (κ3) is 3.89. The lowest BCUT2D eigenvalue weighted by atomic mass is 10.0. The number of carbonyl (C=O) groups is 1. The normalized spacial score (nSPS) is 14.9. The first-order valence-electron chi connectivity index (χ1n) is 9.03. The van der Waals surface area contributed by atoms with Gasteiger partial charge in [-0.05, 0) is 48.0 Å². The van der Waals surface area contributed by atoms with Crippen LogP contribution in [0.1, 0.15) is 27.2 Å². The van der Waals surface area contributed by atoms with E-state index in [4.69, 9.17) is 15.9 Å². The van der Waals surface area contributed by atoms with Crippen LogP contribution in [0.2, 0.25) is 0 Å². The molecule has 0 saturated carbocycles. The molecule has 3 heterocycles. The van der Waals surface area contributed by atoms with Crippen molar-refractivity contribution >= 4 is 23.1 Å². The zero-order valence-corrected chi connectivity index (χ0v) is 16.0. The van der Waals surface area contributed by atoms with Gasteiger partial charge < -0.3 is 15.8 Å². The maximum atomic E-state index is 12.4. The Bertz CT molecular complexity index is 1020. The first-order chi connectivity index (χ1) is 13.6. The summed E-state index contributed by atoms with van der Waals surface area (Å²) in [4.78, 5) is 18.4. The van der Waals surface area contributed by atoms with E-state index in [2.05, 4.69) is 10.3 Å². The lowest BCUT2D eigenvalue weighted by Crippen LogP contribution is -2.27. The zero-order chi connectivity index (χ0) is 19.5. The van der Waals surface area contributed by atoms with Gasteiger partial charge in [-0.3, -0.25) is 15.2 Å². The van der Waals surface area contributed by atoms with Gasteiger partial charge in [0.05, 0.1) is 15.4 Å². The quantitative estimate of drug-likeness (QED) is 0.443. The summed E-state index contributed by atoms with van der Waals surface area (Å²) in [5.74, 6) is 0.806. The first kappa shape index (κ1) is 18.2. The van der Waals surface area contributed by atoms with Gasteiger partial charge in [0.25, 0.3) is 5.91 Å². The van der Waals surface area contributed by atoms with Gasteiger partial charge in [-0.25, -0.2) is 0 Å². The van der Waals surface area contributed by atoms with Crippen LogP contribution in [0.4, 0.5) is 0 Å². The Morgan fingerprint density at radius 1 is 1.29 bits per heavy atom. The lowest BCUT2D eigenvalue weighted by Gasteiger charge is -2.10. The van der Waals surface area contributed by atoms with Crippen molar-refractivity contribution in [3.05, 3.63) is 70.7 Å². The fraction of sp³-hybridized carbons (Fsp3) is 0.190. The van der Waals surface area contributed by atoms with E-state index in [0.717, 1.165) is 28.3 Å². The molecular formula is C21H20N4O2S. The lowest BCUT2D eigenvalue weighted by molar-refractivity contribution is 0.0952. The number of hydrogen-bond donors (Lipinski definition) is 3. The number of rotatable bonds is 6. The number of fused-ring (bicyclic) bond motifs is 1. The highest BCUT2D eigenvalue weighted by atomic mass is 32.1. The fourth-order valence-electron chi connectivity index (χ4n) is 3.19. The molecule has 0 aliphatic carbocycles. The molecule has 0 radical (unpaired) electrons. The number of amides is 1. The minimum Gasteiger partial charge on any atom is -0.490 e. The molecule has 0 saturated heterocycles. The Hall–Kier alpha value is -3.19. The molecule has 7 heteroatoms. The van der Waals surface area contributed by atoms with Gasteiger partial charge in [-0.1, -0.05) is 6.07 Å². The fourth-order valence-corrected chi connectivity index (χ4v) is 4.09. The number of nitrogen functional groups attached to an aromatic ring is 1. The number of hydrogen-bond acceptors (Lipinski definition) is 5. The van der Waals surface area contributed by atoms with Crippen molar-refractivity contribution in [3.8, 4) is 16.3 Å². The highest BCUT2D eigenvalue weighted by Gasteiger charge is 2.23. The van der Waals surface area contributed by atoms with E-state index in [9.17, 15) is 4.79 Å². The second-order valence-corrected chi connectivity index (χ2v) is 7.69. The standard InChI is InChI=1S/C21H20N4O2S/c22-20(23)13-4-5-17-14(11-13)12-15(27-17)8-10-25-21(26)19-7-6-18(28-19)16-3-1-2-9-24-16/h1-7,9,11,15H,8,10,12H2,(H3,22,23)(H,25,26). The van der Waals surface area contributed by atoms with Crippen molar-refractivity contribution in [2.75, 3.05) is 6.54 Å². The summed E-state index contributed by atoms with van der Waals surface area (Å²) >= 11 is 1.43. The molecule has 1 amide bonds. The second-order valence-electron chi connectivity index (χ2n) is 6.60. The molecule has 4 rings (SSSR count).